The van der Waals surface area contributed by atoms with Gasteiger partial charge in [0.1, 0.15) is 23.2 Å². The molecule has 1 N–H and O–H groups in total. The van der Waals surface area contributed by atoms with E-state index in [1.807, 2.05) is 73.7 Å². The maximum atomic E-state index is 8.29. The molecule has 0 saturated carbocycles. The number of nitrogens with one attached hydrogen (secondary N) is 1. The van der Waals surface area contributed by atoms with Crippen LogP contribution in [0.1, 0.15) is 64.2 Å². The van der Waals surface area contributed by atoms with Gasteiger partial charge in [0.15, 0.2) is 5.90 Å². The van der Waals surface area contributed by atoms with Gasteiger partial charge in [-0.25, -0.2) is 4.67 Å². The molecule has 1 heterocycles. The number of rotatable bonds is 15. The highest BCUT2D eigenvalue weighted by Crippen LogP contribution is 2.49. The van der Waals surface area contributed by atoms with Gasteiger partial charge in [-0.15, -0.1) is 0 Å². The van der Waals surface area contributed by atoms with Crippen LogP contribution in [0.25, 0.3) is 0 Å². The number of methoxy groups -OCH3 is 2. The lowest BCUT2D eigenvalue weighted by atomic mass is 9.80. The fourth-order valence-electron chi connectivity index (χ4n) is 5.56. The van der Waals surface area contributed by atoms with Crippen molar-refractivity contribution in [2.45, 2.75) is 77.4 Å². The van der Waals surface area contributed by atoms with E-state index in [-0.39, 0.29) is 36.8 Å². The molecule has 3 aromatic rings. The number of benzene rings is 3. The first-order chi connectivity index (χ1) is 21.2. The van der Waals surface area contributed by atoms with Crippen LogP contribution in [0.4, 0.5) is 0 Å². The molecule has 4 rings (SSSR count). The minimum atomic E-state index is -1.52. The number of hydrogen-bond acceptors (Lipinski definition) is 8. The number of nitrogens with zero attached hydrogens (tertiary/aromatic N) is 1. The minimum absolute atomic E-state index is 0.179. The molecule has 1 saturated heterocycles. The molecule has 3 aromatic carbocycles. The van der Waals surface area contributed by atoms with Gasteiger partial charge in [-0.3, -0.25) is 5.41 Å². The van der Waals surface area contributed by atoms with E-state index in [0.717, 1.165) is 28.2 Å². The average Bonchev–Trinajstić information content (AvgIpc) is 3.48. The van der Waals surface area contributed by atoms with E-state index in [0.29, 0.717) is 19.4 Å². The molecule has 0 amide bonds. The van der Waals surface area contributed by atoms with E-state index in [9.17, 15) is 0 Å². The molecule has 0 aromatic heterocycles. The van der Waals surface area contributed by atoms with Crippen LogP contribution >= 0.6 is 8.53 Å². The third kappa shape index (κ3) is 7.79. The maximum absolute atomic E-state index is 8.29. The lowest BCUT2D eigenvalue weighted by molar-refractivity contribution is -0.0666. The van der Waals surface area contributed by atoms with Gasteiger partial charge in [-0.1, -0.05) is 61.5 Å². The summed E-state index contributed by atoms with van der Waals surface area (Å²) in [5.74, 6) is 1.75. The Kier molecular flexibility index (Phi) is 12.2. The zero-order chi connectivity index (χ0) is 31.7. The molecule has 3 atom stereocenters. The Morgan fingerprint density at radius 3 is 1.86 bits per heavy atom. The third-order valence-electron chi connectivity index (χ3n) is 7.77. The van der Waals surface area contributed by atoms with Crippen LogP contribution in [-0.2, 0) is 24.1 Å². The van der Waals surface area contributed by atoms with Crippen molar-refractivity contribution in [1.82, 2.24) is 4.67 Å². The van der Waals surface area contributed by atoms with Gasteiger partial charge in [0.2, 0.25) is 0 Å². The van der Waals surface area contributed by atoms with Crippen LogP contribution in [0.15, 0.2) is 78.9 Å². The van der Waals surface area contributed by atoms with Crippen molar-refractivity contribution >= 4 is 14.4 Å². The van der Waals surface area contributed by atoms with E-state index in [4.69, 9.17) is 33.4 Å². The number of hydrogen-bond donors (Lipinski definition) is 1. The fourth-order valence-corrected chi connectivity index (χ4v) is 7.35. The average molecular weight is 623 g/mol. The standard InChI is InChI=1S/C35H47N2O6P/c1-8-34(36)43-44(37(25(2)3)26(4)5)42-32-22-23-40-33(32)24-41-35(27-12-10-9-11-13-27,28-14-18-30(38-6)19-15-28)29-16-20-31(39-7)21-17-29/h9-21,25-26,32-33,36H,8,22-24H2,1-7H3/t32-,33+,44?/m0/s1. The topological polar surface area (TPSA) is 82.5 Å². The number of ether oxygens (including phenoxy) is 4. The summed E-state index contributed by atoms with van der Waals surface area (Å²) in [6, 6.07) is 26.6. The van der Waals surface area contributed by atoms with Crippen molar-refractivity contribution in [3.8, 4) is 11.5 Å². The molecule has 1 aliphatic heterocycles. The molecule has 0 bridgehead atoms. The first-order valence-corrected chi connectivity index (χ1v) is 16.5. The van der Waals surface area contributed by atoms with Crippen LogP contribution in [0.2, 0.25) is 0 Å². The Labute approximate surface area is 264 Å². The van der Waals surface area contributed by atoms with Crippen LogP contribution in [-0.4, -0.2) is 62.3 Å². The van der Waals surface area contributed by atoms with Gasteiger partial charge in [0.25, 0.3) is 0 Å². The monoisotopic (exact) mass is 622 g/mol. The summed E-state index contributed by atoms with van der Waals surface area (Å²) in [5.41, 5.74) is 1.94. The van der Waals surface area contributed by atoms with Gasteiger partial charge in [0.05, 0.1) is 26.9 Å². The normalized spacial score (nSPS) is 17.7. The lowest BCUT2D eigenvalue weighted by Crippen LogP contribution is -2.39. The van der Waals surface area contributed by atoms with E-state index < -0.39 is 14.1 Å². The van der Waals surface area contributed by atoms with Gasteiger partial charge < -0.3 is 28.0 Å². The van der Waals surface area contributed by atoms with Gasteiger partial charge >= 0.3 is 8.53 Å². The highest BCUT2D eigenvalue weighted by molar-refractivity contribution is 7.45. The molecule has 0 radical (unpaired) electrons. The van der Waals surface area contributed by atoms with Crippen LogP contribution in [0, 0.1) is 5.41 Å². The largest absolute Gasteiger partial charge is 0.497 e. The third-order valence-corrected chi connectivity index (χ3v) is 9.90. The zero-order valence-corrected chi connectivity index (χ0v) is 27.9. The highest BCUT2D eigenvalue weighted by atomic mass is 31.2. The Morgan fingerprint density at radius 1 is 0.864 bits per heavy atom. The van der Waals surface area contributed by atoms with Crippen molar-refractivity contribution in [3.05, 3.63) is 95.6 Å². The van der Waals surface area contributed by atoms with Gasteiger partial charge in [0, 0.05) is 31.5 Å². The summed E-state index contributed by atoms with van der Waals surface area (Å²) < 4.78 is 39.4. The Balaban J connectivity index is 1.71. The fraction of sp³-hybridized carbons (Fsp3) is 0.457. The van der Waals surface area contributed by atoms with Crippen LogP contribution in [0.3, 0.4) is 0 Å². The molecule has 0 aliphatic carbocycles. The lowest BCUT2D eigenvalue weighted by Gasteiger charge is -2.38. The van der Waals surface area contributed by atoms with E-state index >= 15 is 0 Å². The van der Waals surface area contributed by atoms with Gasteiger partial charge in [-0.2, -0.15) is 0 Å². The molecule has 1 aliphatic rings. The first kappa shape index (κ1) is 33.9. The summed E-state index contributed by atoms with van der Waals surface area (Å²) in [7, 11) is 1.81. The first-order valence-electron chi connectivity index (χ1n) is 15.3. The second kappa shape index (κ2) is 15.8. The van der Waals surface area contributed by atoms with E-state index in [2.05, 4.69) is 44.5 Å². The summed E-state index contributed by atoms with van der Waals surface area (Å²) >= 11 is 0. The second-order valence-corrected chi connectivity index (χ2v) is 12.7. The van der Waals surface area contributed by atoms with Crippen molar-refractivity contribution in [2.24, 2.45) is 0 Å². The molecular formula is C35H47N2O6P. The SMILES string of the molecule is CCC(=N)OP(O[C@H]1CCO[C@@H]1COC(c1ccccc1)(c1ccc(OC)cc1)c1ccc(OC)cc1)N(C(C)C)C(C)C. The molecule has 8 nitrogen and oxygen atoms in total. The maximum Gasteiger partial charge on any atom is 0.322 e. The van der Waals surface area contributed by atoms with Crippen LogP contribution in [0.5, 0.6) is 11.5 Å². The van der Waals surface area contributed by atoms with Crippen LogP contribution < -0.4 is 9.47 Å². The molecule has 238 valence electrons. The minimum Gasteiger partial charge on any atom is -0.497 e. The predicted molar refractivity (Wildman–Crippen MR) is 176 cm³/mol. The van der Waals surface area contributed by atoms with Crippen molar-refractivity contribution in [2.75, 3.05) is 27.4 Å². The highest BCUT2D eigenvalue weighted by Gasteiger charge is 2.42. The van der Waals surface area contributed by atoms with E-state index in [1.165, 1.54) is 0 Å². The summed E-state index contributed by atoms with van der Waals surface area (Å²) in [5, 5.41) is 8.29. The summed E-state index contributed by atoms with van der Waals surface area (Å²) in [6.07, 6.45) is 0.623. The quantitative estimate of drug-likeness (QED) is 0.0798. The van der Waals surface area contributed by atoms with Gasteiger partial charge in [-0.05, 0) is 68.7 Å². The van der Waals surface area contributed by atoms with Crippen molar-refractivity contribution in [1.29, 1.82) is 5.41 Å². The molecule has 0 spiro atoms. The predicted octanol–water partition coefficient (Wildman–Crippen LogP) is 7.94. The van der Waals surface area contributed by atoms with Crippen molar-refractivity contribution in [3.63, 3.8) is 0 Å². The molecule has 9 heteroatoms. The molecule has 1 unspecified atom stereocenters. The Hall–Kier alpha value is -3.00. The van der Waals surface area contributed by atoms with Crippen molar-refractivity contribution < 1.29 is 28.0 Å². The summed E-state index contributed by atoms with van der Waals surface area (Å²) in [4.78, 5) is 0. The molecule has 44 heavy (non-hydrogen) atoms. The Bertz CT molecular complexity index is 1250. The molecule has 1 fully saturated rings. The zero-order valence-electron chi connectivity index (χ0n) is 27.0. The Morgan fingerprint density at radius 2 is 1.39 bits per heavy atom. The smallest absolute Gasteiger partial charge is 0.322 e. The molecular weight excluding hydrogens is 575 g/mol. The van der Waals surface area contributed by atoms with E-state index in [1.54, 1.807) is 14.2 Å². The summed E-state index contributed by atoms with van der Waals surface area (Å²) in [6.45, 7) is 11.3. The second-order valence-electron chi connectivity index (χ2n) is 11.3.